The maximum Gasteiger partial charge on any atom is 0.191 e. The molecule has 1 aliphatic rings. The van der Waals surface area contributed by atoms with E-state index in [2.05, 4.69) is 35.5 Å². The third-order valence-corrected chi connectivity index (χ3v) is 3.96. The molecule has 0 aromatic heterocycles. The van der Waals surface area contributed by atoms with E-state index < -0.39 is 0 Å². The number of rotatable bonds is 7. The van der Waals surface area contributed by atoms with E-state index in [1.165, 1.54) is 12.8 Å². The molecule has 24 heavy (non-hydrogen) atoms. The molecule has 136 valence electrons. The number of aliphatic imine (C=N–C) groups is 1. The Labute approximate surface area is 162 Å². The van der Waals surface area contributed by atoms with Crippen LogP contribution in [0.4, 0.5) is 0 Å². The van der Waals surface area contributed by atoms with Crippen LogP contribution in [0.1, 0.15) is 45.1 Å². The summed E-state index contributed by atoms with van der Waals surface area (Å²) < 4.78 is 11.7. The topological polar surface area (TPSA) is 54.9 Å². The number of ether oxygens (including phenoxy) is 2. The van der Waals surface area contributed by atoms with Crippen molar-refractivity contribution in [3.8, 4) is 11.5 Å². The fourth-order valence-electron chi connectivity index (χ4n) is 2.83. The van der Waals surface area contributed by atoms with Crippen molar-refractivity contribution in [1.82, 2.24) is 10.6 Å². The molecule has 1 fully saturated rings. The number of nitrogens with zero attached hydrogens (tertiary/aromatic N) is 1. The second-order valence-electron chi connectivity index (χ2n) is 5.70. The van der Waals surface area contributed by atoms with E-state index in [4.69, 9.17) is 9.47 Å². The van der Waals surface area contributed by atoms with Gasteiger partial charge < -0.3 is 20.1 Å². The maximum absolute atomic E-state index is 6.25. The molecule has 6 heteroatoms. The van der Waals surface area contributed by atoms with E-state index in [1.807, 2.05) is 12.1 Å². The van der Waals surface area contributed by atoms with Gasteiger partial charge in [0.25, 0.3) is 0 Å². The van der Waals surface area contributed by atoms with Gasteiger partial charge in [0.15, 0.2) is 17.5 Å². The van der Waals surface area contributed by atoms with Crippen molar-refractivity contribution in [2.45, 2.75) is 52.2 Å². The van der Waals surface area contributed by atoms with Crippen LogP contribution < -0.4 is 20.1 Å². The maximum atomic E-state index is 6.25. The second-order valence-corrected chi connectivity index (χ2v) is 5.70. The van der Waals surface area contributed by atoms with Gasteiger partial charge in [-0.15, -0.1) is 24.0 Å². The van der Waals surface area contributed by atoms with E-state index in [1.54, 1.807) is 7.11 Å². The predicted octanol–water partition coefficient (Wildman–Crippen LogP) is 3.71. The zero-order valence-electron chi connectivity index (χ0n) is 14.9. The number of para-hydroxylation sites is 1. The minimum Gasteiger partial charge on any atom is -0.493 e. The van der Waals surface area contributed by atoms with Crippen LogP contribution in [0.5, 0.6) is 11.5 Å². The van der Waals surface area contributed by atoms with Crippen LogP contribution >= 0.6 is 24.0 Å². The van der Waals surface area contributed by atoms with Crippen LogP contribution in [0.25, 0.3) is 0 Å². The van der Waals surface area contributed by atoms with Crippen molar-refractivity contribution < 1.29 is 9.47 Å². The molecule has 0 heterocycles. The van der Waals surface area contributed by atoms with Crippen molar-refractivity contribution in [3.63, 3.8) is 0 Å². The average Bonchev–Trinajstić information content (AvgIpc) is 3.07. The SMILES string of the molecule is CCNC(=NCc1cccc(OC)c1OC1CCCC1)NCC.I. The highest BCUT2D eigenvalue weighted by Crippen LogP contribution is 2.35. The summed E-state index contributed by atoms with van der Waals surface area (Å²) >= 11 is 0. The quantitative estimate of drug-likeness (QED) is 0.380. The normalized spacial score (nSPS) is 13.8. The molecule has 0 aliphatic heterocycles. The van der Waals surface area contributed by atoms with Gasteiger partial charge in [0.05, 0.1) is 19.8 Å². The van der Waals surface area contributed by atoms with Gasteiger partial charge in [-0.25, -0.2) is 4.99 Å². The zero-order valence-corrected chi connectivity index (χ0v) is 17.3. The minimum absolute atomic E-state index is 0. The molecule has 0 saturated heterocycles. The van der Waals surface area contributed by atoms with E-state index in [9.17, 15) is 0 Å². The van der Waals surface area contributed by atoms with Crippen molar-refractivity contribution >= 4 is 29.9 Å². The fourth-order valence-corrected chi connectivity index (χ4v) is 2.83. The molecular formula is C18H30IN3O2. The van der Waals surface area contributed by atoms with Crippen molar-refractivity contribution in [2.24, 2.45) is 4.99 Å². The molecule has 0 unspecified atom stereocenters. The Hall–Kier alpha value is -1.18. The van der Waals surface area contributed by atoms with E-state index in [-0.39, 0.29) is 24.0 Å². The monoisotopic (exact) mass is 447 g/mol. The number of nitrogens with one attached hydrogen (secondary N) is 2. The van der Waals surface area contributed by atoms with Gasteiger partial charge in [-0.2, -0.15) is 0 Å². The number of hydrogen-bond acceptors (Lipinski definition) is 3. The molecule has 1 aliphatic carbocycles. The Morgan fingerprint density at radius 3 is 2.42 bits per heavy atom. The number of benzene rings is 1. The molecule has 5 nitrogen and oxygen atoms in total. The highest BCUT2D eigenvalue weighted by atomic mass is 127. The molecule has 0 radical (unpaired) electrons. The Morgan fingerprint density at radius 1 is 1.17 bits per heavy atom. The summed E-state index contributed by atoms with van der Waals surface area (Å²) in [7, 11) is 1.69. The van der Waals surface area contributed by atoms with Crippen molar-refractivity contribution in [3.05, 3.63) is 23.8 Å². The van der Waals surface area contributed by atoms with Crippen LogP contribution in [0.3, 0.4) is 0 Å². The third kappa shape index (κ3) is 6.03. The smallest absolute Gasteiger partial charge is 0.191 e. The predicted molar refractivity (Wildman–Crippen MR) is 110 cm³/mol. The lowest BCUT2D eigenvalue weighted by Crippen LogP contribution is -2.37. The van der Waals surface area contributed by atoms with E-state index in [0.29, 0.717) is 12.6 Å². The Balaban J connectivity index is 0.00000288. The first-order valence-corrected chi connectivity index (χ1v) is 8.63. The second kappa shape index (κ2) is 11.4. The number of halogens is 1. The molecule has 0 spiro atoms. The van der Waals surface area contributed by atoms with Gasteiger partial charge in [-0.05, 0) is 45.6 Å². The lowest BCUT2D eigenvalue weighted by atomic mass is 10.1. The molecule has 2 rings (SSSR count). The first-order chi connectivity index (χ1) is 11.3. The van der Waals surface area contributed by atoms with Crippen LogP contribution in [0, 0.1) is 0 Å². The fraction of sp³-hybridized carbons (Fsp3) is 0.611. The van der Waals surface area contributed by atoms with Crippen molar-refractivity contribution in [1.29, 1.82) is 0 Å². The van der Waals surface area contributed by atoms with Gasteiger partial charge in [0, 0.05) is 18.7 Å². The summed E-state index contributed by atoms with van der Waals surface area (Å²) in [6.07, 6.45) is 5.05. The number of hydrogen-bond donors (Lipinski definition) is 2. The van der Waals surface area contributed by atoms with Gasteiger partial charge in [0.1, 0.15) is 0 Å². The largest absolute Gasteiger partial charge is 0.493 e. The van der Waals surface area contributed by atoms with Gasteiger partial charge in [0.2, 0.25) is 0 Å². The lowest BCUT2D eigenvalue weighted by Gasteiger charge is -2.19. The summed E-state index contributed by atoms with van der Waals surface area (Å²) in [5.74, 6) is 2.46. The molecule has 1 aromatic rings. The van der Waals surface area contributed by atoms with Gasteiger partial charge >= 0.3 is 0 Å². The molecule has 0 bridgehead atoms. The Bertz CT molecular complexity index is 509. The number of guanidine groups is 1. The summed E-state index contributed by atoms with van der Waals surface area (Å²) in [5, 5.41) is 6.48. The summed E-state index contributed by atoms with van der Waals surface area (Å²) in [5.41, 5.74) is 1.06. The molecule has 0 amide bonds. The van der Waals surface area contributed by atoms with Crippen LogP contribution in [0.2, 0.25) is 0 Å². The summed E-state index contributed by atoms with van der Waals surface area (Å²) in [4.78, 5) is 4.64. The molecule has 0 atom stereocenters. The first-order valence-electron chi connectivity index (χ1n) is 8.63. The van der Waals surface area contributed by atoms with Crippen LogP contribution in [0.15, 0.2) is 23.2 Å². The summed E-state index contributed by atoms with van der Waals surface area (Å²) in [6, 6.07) is 6.00. The lowest BCUT2D eigenvalue weighted by molar-refractivity contribution is 0.198. The van der Waals surface area contributed by atoms with Gasteiger partial charge in [-0.3, -0.25) is 0 Å². The number of methoxy groups -OCH3 is 1. The minimum atomic E-state index is 0. The molecular weight excluding hydrogens is 417 g/mol. The Kier molecular flexibility index (Phi) is 9.90. The van der Waals surface area contributed by atoms with Crippen LogP contribution in [-0.2, 0) is 6.54 Å². The first kappa shape index (κ1) is 20.9. The van der Waals surface area contributed by atoms with Crippen LogP contribution in [-0.4, -0.2) is 32.3 Å². The molecule has 2 N–H and O–H groups in total. The third-order valence-electron chi connectivity index (χ3n) is 3.96. The average molecular weight is 447 g/mol. The van der Waals surface area contributed by atoms with E-state index >= 15 is 0 Å². The molecule has 1 saturated carbocycles. The summed E-state index contributed by atoms with van der Waals surface area (Å²) in [6.45, 7) is 6.37. The van der Waals surface area contributed by atoms with E-state index in [0.717, 1.165) is 49.0 Å². The molecule has 1 aromatic carbocycles. The highest BCUT2D eigenvalue weighted by Gasteiger charge is 2.20. The Morgan fingerprint density at radius 2 is 1.83 bits per heavy atom. The van der Waals surface area contributed by atoms with Crippen molar-refractivity contribution in [2.75, 3.05) is 20.2 Å². The zero-order chi connectivity index (χ0) is 16.5. The van der Waals surface area contributed by atoms with Gasteiger partial charge in [-0.1, -0.05) is 12.1 Å². The standard InChI is InChI=1S/C18H29N3O2.HI/c1-4-19-18(20-5-2)21-13-14-9-8-12-16(22-3)17(14)23-15-10-6-7-11-15;/h8-9,12,15H,4-7,10-11,13H2,1-3H3,(H2,19,20,21);1H. The highest BCUT2D eigenvalue weighted by molar-refractivity contribution is 14.0.